The molecule has 2 unspecified atom stereocenters. The molecule has 0 heterocycles. The molecule has 102 valence electrons. The Morgan fingerprint density at radius 1 is 1.33 bits per heavy atom. The van der Waals surface area contributed by atoms with Gasteiger partial charge in [0.15, 0.2) is 0 Å². The Labute approximate surface area is 114 Å². The Morgan fingerprint density at radius 3 is 2.50 bits per heavy atom. The van der Waals surface area contributed by atoms with Crippen LogP contribution in [0, 0.1) is 0 Å². The number of hydrogen-bond donors (Lipinski definition) is 3. The third kappa shape index (κ3) is 5.36. The second kappa shape index (κ2) is 7.10. The number of hydrogen-bond acceptors (Lipinski definition) is 3. The Bertz CT molecular complexity index is 351. The minimum absolute atomic E-state index is 0.418. The molecule has 1 aromatic carbocycles. The maximum atomic E-state index is 9.97. The van der Waals surface area contributed by atoms with E-state index in [-0.39, 0.29) is 0 Å². The lowest BCUT2D eigenvalue weighted by molar-refractivity contribution is 0.0461. The van der Waals surface area contributed by atoms with Crippen LogP contribution >= 0.6 is 11.6 Å². The summed E-state index contributed by atoms with van der Waals surface area (Å²) in [5, 5.41) is 23.7. The monoisotopic (exact) mass is 271 g/mol. The summed E-state index contributed by atoms with van der Waals surface area (Å²) in [6, 6.07) is 7.12. The quantitative estimate of drug-likeness (QED) is 0.714. The summed E-state index contributed by atoms with van der Waals surface area (Å²) >= 11 is 5.78. The molecule has 1 aromatic rings. The summed E-state index contributed by atoms with van der Waals surface area (Å²) in [4.78, 5) is 0. The molecule has 3 nitrogen and oxygen atoms in total. The van der Waals surface area contributed by atoms with Crippen LogP contribution in [0.25, 0.3) is 0 Å². The lowest BCUT2D eigenvalue weighted by Gasteiger charge is -2.24. The molecule has 0 amide bonds. The molecule has 2 atom stereocenters. The highest BCUT2D eigenvalue weighted by molar-refractivity contribution is 6.30. The number of benzene rings is 1. The molecule has 0 saturated heterocycles. The molecule has 0 aliphatic carbocycles. The summed E-state index contributed by atoms with van der Waals surface area (Å²) < 4.78 is 0. The smallest absolute Gasteiger partial charge is 0.0914 e. The van der Waals surface area contributed by atoms with Crippen molar-refractivity contribution in [3.05, 3.63) is 34.9 Å². The molecule has 0 radical (unpaired) electrons. The van der Waals surface area contributed by atoms with Crippen LogP contribution in [0.5, 0.6) is 0 Å². The van der Waals surface area contributed by atoms with Crippen LogP contribution in [0.3, 0.4) is 0 Å². The van der Waals surface area contributed by atoms with E-state index in [1.807, 2.05) is 6.92 Å². The van der Waals surface area contributed by atoms with Crippen molar-refractivity contribution in [1.29, 1.82) is 0 Å². The van der Waals surface area contributed by atoms with Crippen LogP contribution in [0.1, 0.15) is 38.4 Å². The Balaban J connectivity index is 2.37. The fourth-order valence-electron chi connectivity index (χ4n) is 1.91. The molecular formula is C14H22ClNO2. The van der Waals surface area contributed by atoms with Gasteiger partial charge in [0, 0.05) is 18.1 Å². The average molecular weight is 272 g/mol. The predicted molar refractivity (Wildman–Crippen MR) is 74.8 cm³/mol. The fourth-order valence-corrected chi connectivity index (χ4v) is 2.03. The van der Waals surface area contributed by atoms with Gasteiger partial charge >= 0.3 is 0 Å². The largest absolute Gasteiger partial charge is 0.389 e. The number of aliphatic hydroxyl groups excluding tert-OH is 1. The SMILES string of the molecule is CCCC(C)(O)CNCC(O)c1ccc(Cl)cc1. The van der Waals surface area contributed by atoms with Gasteiger partial charge in [-0.1, -0.05) is 37.1 Å². The van der Waals surface area contributed by atoms with Gasteiger partial charge in [-0.25, -0.2) is 0 Å². The molecular weight excluding hydrogens is 250 g/mol. The Hall–Kier alpha value is -0.610. The second-order valence-electron chi connectivity index (χ2n) is 4.95. The van der Waals surface area contributed by atoms with Crippen molar-refractivity contribution in [1.82, 2.24) is 5.32 Å². The van der Waals surface area contributed by atoms with Gasteiger partial charge in [0.1, 0.15) is 0 Å². The molecule has 0 saturated carbocycles. The van der Waals surface area contributed by atoms with Gasteiger partial charge in [0.05, 0.1) is 11.7 Å². The van der Waals surface area contributed by atoms with Crippen LogP contribution in [0.2, 0.25) is 5.02 Å². The topological polar surface area (TPSA) is 52.5 Å². The first-order chi connectivity index (χ1) is 8.44. The first-order valence-electron chi connectivity index (χ1n) is 6.31. The van der Waals surface area contributed by atoms with E-state index in [0.29, 0.717) is 18.1 Å². The highest BCUT2D eigenvalue weighted by Crippen LogP contribution is 2.16. The average Bonchev–Trinajstić information content (AvgIpc) is 2.29. The van der Waals surface area contributed by atoms with Crippen molar-refractivity contribution in [2.45, 2.75) is 38.4 Å². The highest BCUT2D eigenvalue weighted by atomic mass is 35.5. The predicted octanol–water partition coefficient (Wildman–Crippen LogP) is 2.51. The molecule has 4 heteroatoms. The first-order valence-corrected chi connectivity index (χ1v) is 6.69. The van der Waals surface area contributed by atoms with E-state index in [1.165, 1.54) is 0 Å². The van der Waals surface area contributed by atoms with Gasteiger partial charge in [-0.05, 0) is 31.0 Å². The van der Waals surface area contributed by atoms with Crippen molar-refractivity contribution < 1.29 is 10.2 Å². The van der Waals surface area contributed by atoms with E-state index in [9.17, 15) is 10.2 Å². The third-order valence-corrected chi connectivity index (χ3v) is 3.14. The van der Waals surface area contributed by atoms with Gasteiger partial charge in [0.2, 0.25) is 0 Å². The van der Waals surface area contributed by atoms with Crippen molar-refractivity contribution in [3.8, 4) is 0 Å². The highest BCUT2D eigenvalue weighted by Gasteiger charge is 2.18. The molecule has 0 aliphatic heterocycles. The van der Waals surface area contributed by atoms with E-state index < -0.39 is 11.7 Å². The van der Waals surface area contributed by atoms with Crippen molar-refractivity contribution in [3.63, 3.8) is 0 Å². The van der Waals surface area contributed by atoms with Gasteiger partial charge in [0.25, 0.3) is 0 Å². The normalized spacial score (nSPS) is 16.3. The van der Waals surface area contributed by atoms with Crippen LogP contribution in [-0.2, 0) is 0 Å². The lowest BCUT2D eigenvalue weighted by atomic mass is 10.0. The first kappa shape index (κ1) is 15.4. The summed E-state index contributed by atoms with van der Waals surface area (Å²) in [5.41, 5.74) is 0.108. The maximum Gasteiger partial charge on any atom is 0.0914 e. The van der Waals surface area contributed by atoms with Gasteiger partial charge in [-0.2, -0.15) is 0 Å². The third-order valence-electron chi connectivity index (χ3n) is 2.89. The zero-order valence-electron chi connectivity index (χ0n) is 11.0. The van der Waals surface area contributed by atoms with Crippen LogP contribution in [-0.4, -0.2) is 28.9 Å². The Kier molecular flexibility index (Phi) is 6.09. The summed E-state index contributed by atoms with van der Waals surface area (Å²) in [7, 11) is 0. The molecule has 0 spiro atoms. The minimum Gasteiger partial charge on any atom is -0.389 e. The molecule has 0 bridgehead atoms. The van der Waals surface area contributed by atoms with E-state index in [1.54, 1.807) is 31.2 Å². The molecule has 18 heavy (non-hydrogen) atoms. The number of rotatable bonds is 7. The van der Waals surface area contributed by atoms with Crippen LogP contribution in [0.4, 0.5) is 0 Å². The minimum atomic E-state index is -0.714. The lowest BCUT2D eigenvalue weighted by Crippen LogP contribution is -2.39. The molecule has 0 fully saturated rings. The van der Waals surface area contributed by atoms with Crippen molar-refractivity contribution in [2.24, 2.45) is 0 Å². The number of aliphatic hydroxyl groups is 2. The molecule has 3 N–H and O–H groups in total. The van der Waals surface area contributed by atoms with Gasteiger partial charge in [-0.3, -0.25) is 0 Å². The van der Waals surface area contributed by atoms with E-state index in [2.05, 4.69) is 5.32 Å². The van der Waals surface area contributed by atoms with Crippen LogP contribution in [0.15, 0.2) is 24.3 Å². The zero-order valence-corrected chi connectivity index (χ0v) is 11.7. The second-order valence-corrected chi connectivity index (χ2v) is 5.38. The van der Waals surface area contributed by atoms with Gasteiger partial charge < -0.3 is 15.5 Å². The summed E-state index contributed by atoms with van der Waals surface area (Å²) in [6.07, 6.45) is 1.10. The van der Waals surface area contributed by atoms with Crippen molar-refractivity contribution in [2.75, 3.05) is 13.1 Å². The van der Waals surface area contributed by atoms with E-state index in [4.69, 9.17) is 11.6 Å². The molecule has 0 aromatic heterocycles. The summed E-state index contributed by atoms with van der Waals surface area (Å²) in [6.45, 7) is 4.74. The van der Waals surface area contributed by atoms with E-state index >= 15 is 0 Å². The Morgan fingerprint density at radius 2 is 1.94 bits per heavy atom. The van der Waals surface area contributed by atoms with Crippen molar-refractivity contribution >= 4 is 11.6 Å². The van der Waals surface area contributed by atoms with Crippen LogP contribution < -0.4 is 5.32 Å². The molecule has 1 rings (SSSR count). The molecule has 0 aliphatic rings. The standard InChI is InChI=1S/C14H22ClNO2/c1-3-8-14(2,18)10-16-9-13(17)11-4-6-12(15)7-5-11/h4-7,13,16-18H,3,8-10H2,1-2H3. The fraction of sp³-hybridized carbons (Fsp3) is 0.571. The number of nitrogens with one attached hydrogen (secondary N) is 1. The maximum absolute atomic E-state index is 9.97. The zero-order chi connectivity index (χ0) is 13.6. The number of halogens is 1. The van der Waals surface area contributed by atoms with E-state index in [0.717, 1.165) is 18.4 Å². The summed E-state index contributed by atoms with van der Waals surface area (Å²) in [5.74, 6) is 0. The van der Waals surface area contributed by atoms with Gasteiger partial charge in [-0.15, -0.1) is 0 Å².